The molecule has 5 rings (SSSR count). The van der Waals surface area contributed by atoms with Crippen molar-refractivity contribution in [3.8, 4) is 11.4 Å². The molecule has 2 fully saturated rings. The van der Waals surface area contributed by atoms with Crippen LogP contribution in [0.4, 0.5) is 0 Å². The highest BCUT2D eigenvalue weighted by molar-refractivity contribution is 5.92. The van der Waals surface area contributed by atoms with Gasteiger partial charge in [-0.2, -0.15) is 0 Å². The predicted octanol–water partition coefficient (Wildman–Crippen LogP) is 2.65. The number of aliphatic hydroxyl groups is 1. The largest absolute Gasteiger partial charge is 0.391 e. The number of amides is 1. The van der Waals surface area contributed by atoms with Crippen LogP contribution < -0.4 is 5.32 Å². The van der Waals surface area contributed by atoms with Gasteiger partial charge in [-0.1, -0.05) is 30.3 Å². The Morgan fingerprint density at radius 3 is 2.79 bits per heavy atom. The lowest BCUT2D eigenvalue weighted by Crippen LogP contribution is -2.40. The first kappa shape index (κ1) is 18.1. The lowest BCUT2D eigenvalue weighted by atomic mass is 10.1. The maximum atomic E-state index is 12.6. The molecule has 7 heteroatoms. The van der Waals surface area contributed by atoms with Crippen molar-refractivity contribution in [1.82, 2.24) is 24.4 Å². The number of hydrogen-bond donors (Lipinski definition) is 2. The van der Waals surface area contributed by atoms with Crippen LogP contribution in [0, 0.1) is 5.92 Å². The Morgan fingerprint density at radius 1 is 1.17 bits per heavy atom. The molecule has 0 spiro atoms. The van der Waals surface area contributed by atoms with Crippen molar-refractivity contribution < 1.29 is 9.90 Å². The Morgan fingerprint density at radius 2 is 2.00 bits per heavy atom. The third-order valence-corrected chi connectivity index (χ3v) is 5.95. The van der Waals surface area contributed by atoms with Gasteiger partial charge in [0.2, 0.25) is 0 Å². The van der Waals surface area contributed by atoms with Crippen molar-refractivity contribution in [2.45, 2.75) is 50.4 Å². The molecule has 150 valence electrons. The van der Waals surface area contributed by atoms with Gasteiger partial charge in [0.1, 0.15) is 11.5 Å². The maximum Gasteiger partial charge on any atom is 0.271 e. The molecule has 0 saturated heterocycles. The molecule has 3 atom stereocenters. The van der Waals surface area contributed by atoms with Crippen LogP contribution in [0.2, 0.25) is 0 Å². The molecule has 0 bridgehead atoms. The fourth-order valence-corrected chi connectivity index (χ4v) is 4.27. The highest BCUT2D eigenvalue weighted by atomic mass is 16.3. The van der Waals surface area contributed by atoms with Crippen LogP contribution in [-0.2, 0) is 6.54 Å². The summed E-state index contributed by atoms with van der Waals surface area (Å²) in [6, 6.07) is 10.3. The summed E-state index contributed by atoms with van der Waals surface area (Å²) in [5.41, 5.74) is 1.50. The number of nitrogens with zero attached hydrogens (tertiary/aromatic N) is 4. The lowest BCUT2D eigenvalue weighted by molar-refractivity contribution is 0.0868. The quantitative estimate of drug-likeness (QED) is 0.677. The van der Waals surface area contributed by atoms with Crippen LogP contribution in [0.3, 0.4) is 0 Å². The van der Waals surface area contributed by atoms with E-state index in [9.17, 15) is 9.90 Å². The van der Waals surface area contributed by atoms with E-state index in [2.05, 4.69) is 19.9 Å². The topological polar surface area (TPSA) is 85.0 Å². The van der Waals surface area contributed by atoms with E-state index in [4.69, 9.17) is 0 Å². The van der Waals surface area contributed by atoms with Crippen molar-refractivity contribution in [3.05, 3.63) is 60.9 Å². The van der Waals surface area contributed by atoms with Gasteiger partial charge >= 0.3 is 0 Å². The highest BCUT2D eigenvalue weighted by Gasteiger charge is 2.35. The molecule has 3 aromatic rings. The molecule has 2 aliphatic rings. The number of hydrogen-bond acceptors (Lipinski definition) is 4. The Hall–Kier alpha value is -2.93. The average molecular weight is 391 g/mol. The minimum Gasteiger partial charge on any atom is -0.391 e. The monoisotopic (exact) mass is 391 g/mol. The molecule has 2 N–H and O–H groups in total. The van der Waals surface area contributed by atoms with Crippen LogP contribution in [-0.4, -0.2) is 42.3 Å². The summed E-state index contributed by atoms with van der Waals surface area (Å²) in [6.07, 6.45) is 10.5. The zero-order valence-corrected chi connectivity index (χ0v) is 16.2. The van der Waals surface area contributed by atoms with E-state index in [0.717, 1.165) is 37.2 Å². The fraction of sp³-hybridized carbons (Fsp3) is 0.409. The molecule has 1 amide bonds. The summed E-state index contributed by atoms with van der Waals surface area (Å²) in [5.74, 6) is 0.996. The van der Waals surface area contributed by atoms with Crippen LogP contribution in [0.15, 0.2) is 55.2 Å². The molecule has 29 heavy (non-hydrogen) atoms. The molecule has 2 aliphatic carbocycles. The minimum atomic E-state index is -0.543. The Bertz CT molecular complexity index is 992. The van der Waals surface area contributed by atoms with E-state index in [1.165, 1.54) is 0 Å². The first-order valence-corrected chi connectivity index (χ1v) is 10.3. The maximum absolute atomic E-state index is 12.6. The molecule has 7 nitrogen and oxygen atoms in total. The number of aromatic nitrogens is 4. The smallest absolute Gasteiger partial charge is 0.271 e. The predicted molar refractivity (Wildman–Crippen MR) is 108 cm³/mol. The average Bonchev–Trinajstić information content (AvgIpc) is 3.13. The van der Waals surface area contributed by atoms with Gasteiger partial charge in [-0.3, -0.25) is 4.79 Å². The van der Waals surface area contributed by atoms with E-state index < -0.39 is 6.10 Å². The summed E-state index contributed by atoms with van der Waals surface area (Å²) in [7, 11) is 0. The van der Waals surface area contributed by atoms with E-state index in [-0.39, 0.29) is 17.9 Å². The molecular formula is C22H25N5O2. The van der Waals surface area contributed by atoms with Gasteiger partial charge in [-0.15, -0.1) is 0 Å². The Labute approximate surface area is 169 Å². The van der Waals surface area contributed by atoms with Crippen LogP contribution in [0.25, 0.3) is 11.4 Å². The van der Waals surface area contributed by atoms with Crippen LogP contribution >= 0.6 is 0 Å². The fourth-order valence-electron chi connectivity index (χ4n) is 4.27. The van der Waals surface area contributed by atoms with Crippen molar-refractivity contribution in [1.29, 1.82) is 0 Å². The van der Waals surface area contributed by atoms with Crippen molar-refractivity contribution in [3.63, 3.8) is 0 Å². The van der Waals surface area contributed by atoms with Gasteiger partial charge in [-0.05, 0) is 31.6 Å². The lowest BCUT2D eigenvalue weighted by Gasteiger charge is -2.16. The highest BCUT2D eigenvalue weighted by Crippen LogP contribution is 2.34. The van der Waals surface area contributed by atoms with Gasteiger partial charge in [0.05, 0.1) is 18.5 Å². The summed E-state index contributed by atoms with van der Waals surface area (Å²) in [6.45, 7) is 0.768. The zero-order valence-electron chi connectivity index (χ0n) is 16.2. The molecule has 0 radical (unpaired) electrons. The third kappa shape index (κ3) is 3.82. The first-order chi connectivity index (χ1) is 14.2. The third-order valence-electron chi connectivity index (χ3n) is 5.95. The standard InChI is InChI=1S/C22H25N5O2/c28-20-11-15(12-26-9-8-23-21(26)16-4-2-1-3-5-16)10-18(20)25-22(29)19-13-27(14-24-19)17-6-7-17/h1-5,8-9,13-15,17-18,20,28H,6-7,10-12H2,(H,25,29)/t15?,18-,20-/m1/s1. The summed E-state index contributed by atoms with van der Waals surface area (Å²) in [5, 5.41) is 13.5. The second-order valence-electron chi connectivity index (χ2n) is 8.19. The van der Waals surface area contributed by atoms with E-state index in [1.807, 2.05) is 53.5 Å². The molecule has 1 aromatic carbocycles. The zero-order chi connectivity index (χ0) is 19.8. The summed E-state index contributed by atoms with van der Waals surface area (Å²) >= 11 is 0. The minimum absolute atomic E-state index is 0.207. The summed E-state index contributed by atoms with van der Waals surface area (Å²) < 4.78 is 4.14. The van der Waals surface area contributed by atoms with E-state index in [0.29, 0.717) is 18.2 Å². The molecule has 2 heterocycles. The SMILES string of the molecule is O=C(N[C@@H]1CC(Cn2ccnc2-c2ccccc2)C[C@H]1O)c1cn(C2CC2)cn1. The number of imidazole rings is 2. The summed E-state index contributed by atoms with van der Waals surface area (Å²) in [4.78, 5) is 21.3. The van der Waals surface area contributed by atoms with Gasteiger partial charge in [-0.25, -0.2) is 9.97 Å². The van der Waals surface area contributed by atoms with Crippen LogP contribution in [0.5, 0.6) is 0 Å². The number of carbonyl (C=O) groups excluding carboxylic acids is 1. The van der Waals surface area contributed by atoms with Gasteiger partial charge in [0.15, 0.2) is 0 Å². The molecule has 1 unspecified atom stereocenters. The number of carbonyl (C=O) groups is 1. The van der Waals surface area contributed by atoms with Crippen molar-refractivity contribution in [2.24, 2.45) is 5.92 Å². The second kappa shape index (κ2) is 7.48. The van der Waals surface area contributed by atoms with Gasteiger partial charge in [0.25, 0.3) is 5.91 Å². The van der Waals surface area contributed by atoms with Crippen LogP contribution in [0.1, 0.15) is 42.2 Å². The van der Waals surface area contributed by atoms with Crippen molar-refractivity contribution >= 4 is 5.91 Å². The Balaban J connectivity index is 1.22. The molecule has 2 saturated carbocycles. The van der Waals surface area contributed by atoms with Crippen molar-refractivity contribution in [2.75, 3.05) is 0 Å². The van der Waals surface area contributed by atoms with E-state index in [1.54, 1.807) is 6.33 Å². The number of benzene rings is 1. The second-order valence-corrected chi connectivity index (χ2v) is 8.19. The number of aliphatic hydroxyl groups excluding tert-OH is 1. The number of rotatable bonds is 6. The molecule has 2 aromatic heterocycles. The molecule has 0 aliphatic heterocycles. The van der Waals surface area contributed by atoms with Gasteiger partial charge in [0, 0.05) is 36.7 Å². The molecular weight excluding hydrogens is 366 g/mol. The number of nitrogens with one attached hydrogen (secondary N) is 1. The van der Waals surface area contributed by atoms with Gasteiger partial charge < -0.3 is 19.6 Å². The Kier molecular flexibility index (Phi) is 4.67. The normalized spacial score (nSPS) is 24.0. The van der Waals surface area contributed by atoms with E-state index >= 15 is 0 Å². The first-order valence-electron chi connectivity index (χ1n) is 10.3.